The Balaban J connectivity index is 2.14. The average molecular weight is 400 g/mol. The zero-order valence-electron chi connectivity index (χ0n) is 16.5. The van der Waals surface area contributed by atoms with Crippen LogP contribution in [0, 0.1) is 5.92 Å². The largest absolute Gasteiger partial charge is 0.374 e. The van der Waals surface area contributed by atoms with Crippen molar-refractivity contribution in [1.82, 2.24) is 0 Å². The van der Waals surface area contributed by atoms with E-state index in [0.29, 0.717) is 0 Å². The van der Waals surface area contributed by atoms with Crippen molar-refractivity contribution in [3.8, 4) is 0 Å². The van der Waals surface area contributed by atoms with Crippen molar-refractivity contribution in [2.75, 3.05) is 6.61 Å². The third kappa shape index (κ3) is 6.73. The smallest absolute Gasteiger partial charge is 0.317 e. The van der Waals surface area contributed by atoms with Crippen LogP contribution in [0.25, 0.3) is 0 Å². The molecule has 0 amide bonds. The maximum atomic E-state index is 14.8. The standard InChI is InChI=1S/C24H26F2O3/c1-3-11-23(27)24(25,26)21(4-2)22(29-17-20-14-9-6-10-15-20)18-28-16-19-12-7-5-8-13-19/h3-15,21-22H,2,16-18H2,1H3/b11-3+/t21-,22-/m1/s1. The van der Waals surface area contributed by atoms with E-state index >= 15 is 0 Å². The molecule has 0 saturated heterocycles. The molecule has 0 aliphatic heterocycles. The number of hydrogen-bond acceptors (Lipinski definition) is 3. The molecule has 2 aromatic rings. The van der Waals surface area contributed by atoms with Crippen molar-refractivity contribution in [2.45, 2.75) is 32.2 Å². The van der Waals surface area contributed by atoms with Gasteiger partial charge in [-0.25, -0.2) is 0 Å². The molecule has 0 aromatic heterocycles. The van der Waals surface area contributed by atoms with E-state index in [0.717, 1.165) is 23.3 Å². The molecule has 0 aliphatic rings. The van der Waals surface area contributed by atoms with Gasteiger partial charge in [-0.05, 0) is 24.1 Å². The number of ketones is 1. The number of ether oxygens (including phenoxy) is 2. The normalized spacial score (nSPS) is 13.9. The molecular formula is C24H26F2O3. The molecule has 0 unspecified atom stereocenters. The molecule has 0 radical (unpaired) electrons. The van der Waals surface area contributed by atoms with Crippen LogP contribution in [0.2, 0.25) is 0 Å². The molecule has 29 heavy (non-hydrogen) atoms. The molecule has 0 heterocycles. The third-order valence-corrected chi connectivity index (χ3v) is 4.42. The van der Waals surface area contributed by atoms with Crippen LogP contribution >= 0.6 is 0 Å². The Kier molecular flexibility index (Phi) is 8.90. The Labute approximate surface area is 170 Å². The summed E-state index contributed by atoms with van der Waals surface area (Å²) in [5, 5.41) is 0. The van der Waals surface area contributed by atoms with E-state index in [9.17, 15) is 13.6 Å². The van der Waals surface area contributed by atoms with Crippen LogP contribution in [0.3, 0.4) is 0 Å². The number of rotatable bonds is 12. The molecule has 0 aliphatic carbocycles. The van der Waals surface area contributed by atoms with Gasteiger partial charge in [0.05, 0.1) is 31.8 Å². The summed E-state index contributed by atoms with van der Waals surface area (Å²) in [5.74, 6) is -6.45. The molecule has 2 atom stereocenters. The van der Waals surface area contributed by atoms with Crippen LogP contribution in [0.15, 0.2) is 85.5 Å². The topological polar surface area (TPSA) is 35.5 Å². The van der Waals surface area contributed by atoms with Crippen LogP contribution in [-0.2, 0) is 27.5 Å². The zero-order chi connectivity index (χ0) is 21.1. The minimum absolute atomic E-state index is 0.100. The first-order valence-corrected chi connectivity index (χ1v) is 9.43. The van der Waals surface area contributed by atoms with Crippen molar-refractivity contribution >= 4 is 5.78 Å². The molecule has 154 valence electrons. The van der Waals surface area contributed by atoms with Crippen molar-refractivity contribution in [3.05, 3.63) is 96.6 Å². The predicted octanol–water partition coefficient (Wildman–Crippen LogP) is 5.37. The number of alkyl halides is 2. The van der Waals surface area contributed by atoms with Crippen molar-refractivity contribution < 1.29 is 23.0 Å². The number of carbonyl (C=O) groups is 1. The van der Waals surface area contributed by atoms with Gasteiger partial charge in [-0.1, -0.05) is 72.8 Å². The van der Waals surface area contributed by atoms with Gasteiger partial charge in [-0.15, -0.1) is 6.58 Å². The number of allylic oxidation sites excluding steroid dienone is 2. The summed E-state index contributed by atoms with van der Waals surface area (Å²) in [4.78, 5) is 12.0. The SMILES string of the molecule is C=C[C@H]([C@@H](COCc1ccccc1)OCc1ccccc1)C(F)(F)C(=O)/C=C/C. The van der Waals surface area contributed by atoms with Crippen LogP contribution in [0.1, 0.15) is 18.1 Å². The van der Waals surface area contributed by atoms with E-state index < -0.39 is 23.7 Å². The summed E-state index contributed by atoms with van der Waals surface area (Å²) < 4.78 is 41.0. The minimum atomic E-state index is -3.65. The second-order valence-corrected chi connectivity index (χ2v) is 6.58. The monoisotopic (exact) mass is 400 g/mol. The first kappa shape index (κ1) is 22.7. The summed E-state index contributed by atoms with van der Waals surface area (Å²) >= 11 is 0. The molecule has 0 bridgehead atoms. The fraction of sp³-hybridized carbons (Fsp3) is 0.292. The highest BCUT2D eigenvalue weighted by molar-refractivity contribution is 5.96. The van der Waals surface area contributed by atoms with Gasteiger partial charge in [0.25, 0.3) is 0 Å². The van der Waals surface area contributed by atoms with Gasteiger partial charge >= 0.3 is 5.92 Å². The predicted molar refractivity (Wildman–Crippen MR) is 110 cm³/mol. The maximum absolute atomic E-state index is 14.8. The summed E-state index contributed by atoms with van der Waals surface area (Å²) in [5.41, 5.74) is 1.76. The first-order chi connectivity index (χ1) is 14.0. The second-order valence-electron chi connectivity index (χ2n) is 6.58. The minimum Gasteiger partial charge on any atom is -0.374 e. The van der Waals surface area contributed by atoms with Gasteiger partial charge in [0.2, 0.25) is 5.78 Å². The van der Waals surface area contributed by atoms with Gasteiger partial charge in [0, 0.05) is 0 Å². The van der Waals surface area contributed by atoms with E-state index in [2.05, 4.69) is 6.58 Å². The molecule has 2 aromatic carbocycles. The highest BCUT2D eigenvalue weighted by Gasteiger charge is 2.48. The highest BCUT2D eigenvalue weighted by atomic mass is 19.3. The van der Waals surface area contributed by atoms with Crippen LogP contribution in [-0.4, -0.2) is 24.4 Å². The van der Waals surface area contributed by atoms with Crippen molar-refractivity contribution in [2.24, 2.45) is 5.92 Å². The van der Waals surface area contributed by atoms with E-state index in [1.165, 1.54) is 13.0 Å². The lowest BCUT2D eigenvalue weighted by Gasteiger charge is -2.30. The molecule has 3 nitrogen and oxygen atoms in total. The summed E-state index contributed by atoms with van der Waals surface area (Å²) in [7, 11) is 0. The Hall–Kier alpha value is -2.63. The number of carbonyl (C=O) groups excluding carboxylic acids is 1. The van der Waals surface area contributed by atoms with Crippen molar-refractivity contribution in [3.63, 3.8) is 0 Å². The summed E-state index contributed by atoms with van der Waals surface area (Å²) in [6.45, 7) is 5.31. The molecule has 0 saturated carbocycles. The van der Waals surface area contributed by atoms with Gasteiger partial charge in [-0.2, -0.15) is 8.78 Å². The number of halogens is 2. The quantitative estimate of drug-likeness (QED) is 0.355. The van der Waals surface area contributed by atoms with Gasteiger partial charge in [-0.3, -0.25) is 4.79 Å². The van der Waals surface area contributed by atoms with Crippen LogP contribution in [0.4, 0.5) is 8.78 Å². The molecule has 0 N–H and O–H groups in total. The van der Waals surface area contributed by atoms with E-state index in [4.69, 9.17) is 9.47 Å². The Bertz CT molecular complexity index is 788. The Morgan fingerprint density at radius 3 is 2.10 bits per heavy atom. The maximum Gasteiger partial charge on any atom is 0.317 e. The van der Waals surface area contributed by atoms with E-state index in [1.54, 1.807) is 0 Å². The van der Waals surface area contributed by atoms with E-state index in [1.807, 2.05) is 60.7 Å². The van der Waals surface area contributed by atoms with Crippen LogP contribution in [0.5, 0.6) is 0 Å². The lowest BCUT2D eigenvalue weighted by molar-refractivity contribution is -0.158. The molecule has 0 spiro atoms. The zero-order valence-corrected chi connectivity index (χ0v) is 16.5. The van der Waals surface area contributed by atoms with Gasteiger partial charge in [0.15, 0.2) is 0 Å². The third-order valence-electron chi connectivity index (χ3n) is 4.42. The lowest BCUT2D eigenvalue weighted by atomic mass is 9.91. The Morgan fingerprint density at radius 2 is 1.59 bits per heavy atom. The average Bonchev–Trinajstić information content (AvgIpc) is 2.73. The first-order valence-electron chi connectivity index (χ1n) is 9.43. The molecule has 5 heteroatoms. The summed E-state index contributed by atoms with van der Waals surface area (Å²) in [6.07, 6.45) is 2.20. The van der Waals surface area contributed by atoms with Crippen molar-refractivity contribution in [1.29, 1.82) is 0 Å². The van der Waals surface area contributed by atoms with E-state index in [-0.39, 0.29) is 19.8 Å². The Morgan fingerprint density at radius 1 is 1.03 bits per heavy atom. The summed E-state index contributed by atoms with van der Waals surface area (Å²) in [6, 6.07) is 18.6. The molecule has 2 rings (SSSR count). The van der Waals surface area contributed by atoms with Gasteiger partial charge in [0.1, 0.15) is 0 Å². The molecular weight excluding hydrogens is 374 g/mol. The fourth-order valence-electron chi connectivity index (χ4n) is 2.86. The highest BCUT2D eigenvalue weighted by Crippen LogP contribution is 2.32. The number of hydrogen-bond donors (Lipinski definition) is 0. The number of benzene rings is 2. The molecule has 0 fully saturated rings. The van der Waals surface area contributed by atoms with Crippen LogP contribution < -0.4 is 0 Å². The fourth-order valence-corrected chi connectivity index (χ4v) is 2.86. The lowest BCUT2D eigenvalue weighted by Crippen LogP contribution is -2.44. The second kappa shape index (κ2) is 11.4. The van der Waals surface area contributed by atoms with Gasteiger partial charge < -0.3 is 9.47 Å².